The number of pyridine rings is 1. The predicted molar refractivity (Wildman–Crippen MR) is 135 cm³/mol. The smallest absolute Gasteiger partial charge is 0.199 e. The molecule has 1 aliphatic heterocycles. The van der Waals surface area contributed by atoms with Crippen molar-refractivity contribution < 1.29 is 4.79 Å². The molecule has 0 aliphatic carbocycles. The van der Waals surface area contributed by atoms with Crippen LogP contribution in [0.3, 0.4) is 0 Å². The third-order valence-electron chi connectivity index (χ3n) is 6.40. The lowest BCUT2D eigenvalue weighted by atomic mass is 9.89. The van der Waals surface area contributed by atoms with Gasteiger partial charge in [-0.25, -0.2) is 4.68 Å². The summed E-state index contributed by atoms with van der Waals surface area (Å²) in [5.41, 5.74) is 2.97. The molecule has 7 heteroatoms. The van der Waals surface area contributed by atoms with Gasteiger partial charge in [-0.2, -0.15) is 5.10 Å². The summed E-state index contributed by atoms with van der Waals surface area (Å²) in [7, 11) is 0. The van der Waals surface area contributed by atoms with Gasteiger partial charge in [0.2, 0.25) is 0 Å². The van der Waals surface area contributed by atoms with Crippen molar-refractivity contribution in [2.75, 3.05) is 13.1 Å². The highest BCUT2D eigenvalue weighted by molar-refractivity contribution is 7.71. The third-order valence-corrected chi connectivity index (χ3v) is 6.83. The van der Waals surface area contributed by atoms with Crippen molar-refractivity contribution in [2.24, 2.45) is 5.92 Å². The molecule has 0 spiro atoms. The number of hydrogen-bond donors (Lipinski definition) is 0. The number of carbonyl (C=O) groups excluding carboxylic acids is 1. The lowest BCUT2D eigenvalue weighted by molar-refractivity contribution is 0.0803. The zero-order valence-electron chi connectivity index (χ0n) is 19.0. The number of Topliss-reactive ketones (excluding diaryl/α,β-unsaturated/α-hetero) is 1. The average Bonchev–Trinajstić information content (AvgIpc) is 3.20. The first-order valence-electron chi connectivity index (χ1n) is 11.6. The van der Waals surface area contributed by atoms with Gasteiger partial charge in [-0.1, -0.05) is 60.7 Å². The molecule has 0 amide bonds. The quantitative estimate of drug-likeness (QED) is 0.279. The van der Waals surface area contributed by atoms with Crippen molar-refractivity contribution in [1.29, 1.82) is 0 Å². The Morgan fingerprint density at radius 2 is 1.56 bits per heavy atom. The molecule has 1 saturated heterocycles. The van der Waals surface area contributed by atoms with Crippen LogP contribution in [0.15, 0.2) is 85.2 Å². The minimum Gasteiger partial charge on any atom is -0.295 e. The fraction of sp³-hybridized carbons (Fsp3) is 0.259. The maximum Gasteiger partial charge on any atom is 0.199 e. The molecular weight excluding hydrogens is 442 g/mol. The minimum absolute atomic E-state index is 0.0784. The summed E-state index contributed by atoms with van der Waals surface area (Å²) < 4.78 is 4.69. The molecule has 0 unspecified atom stereocenters. The second-order valence-corrected chi connectivity index (χ2v) is 9.04. The summed E-state index contributed by atoms with van der Waals surface area (Å²) >= 11 is 5.88. The summed E-state index contributed by atoms with van der Waals surface area (Å²) in [5, 5.41) is 4.91. The van der Waals surface area contributed by atoms with E-state index in [-0.39, 0.29) is 11.7 Å². The minimum atomic E-state index is 0.0784. The second-order valence-electron chi connectivity index (χ2n) is 8.68. The highest BCUT2D eigenvalue weighted by Crippen LogP contribution is 2.23. The van der Waals surface area contributed by atoms with Crippen LogP contribution >= 0.6 is 12.2 Å². The maximum atomic E-state index is 12.8. The van der Waals surface area contributed by atoms with Crippen LogP contribution in [-0.2, 0) is 13.2 Å². The van der Waals surface area contributed by atoms with Gasteiger partial charge in [-0.05, 0) is 42.8 Å². The van der Waals surface area contributed by atoms with Crippen molar-refractivity contribution in [3.05, 3.63) is 101 Å². The van der Waals surface area contributed by atoms with Gasteiger partial charge in [0.1, 0.15) is 0 Å². The SMILES string of the molecule is O=C(c1ccccc1)C1CCN(Cn2nc(-c3ccncc3)n(Cc3ccccc3)c2=S)CC1. The Morgan fingerprint density at radius 1 is 0.912 bits per heavy atom. The zero-order valence-corrected chi connectivity index (χ0v) is 19.8. The number of nitrogens with zero attached hydrogens (tertiary/aromatic N) is 5. The number of ketones is 1. The van der Waals surface area contributed by atoms with Gasteiger partial charge in [0.25, 0.3) is 0 Å². The van der Waals surface area contributed by atoms with Gasteiger partial charge < -0.3 is 0 Å². The molecule has 0 bridgehead atoms. The van der Waals surface area contributed by atoms with Crippen molar-refractivity contribution in [3.63, 3.8) is 0 Å². The van der Waals surface area contributed by atoms with Gasteiger partial charge in [-0.3, -0.25) is 19.2 Å². The van der Waals surface area contributed by atoms with Crippen LogP contribution in [0.25, 0.3) is 11.4 Å². The number of aromatic nitrogens is 4. The van der Waals surface area contributed by atoms with Crippen LogP contribution in [0.1, 0.15) is 28.8 Å². The summed E-state index contributed by atoms with van der Waals surface area (Å²) in [6.07, 6.45) is 5.25. The molecule has 1 fully saturated rings. The molecule has 0 N–H and O–H groups in total. The van der Waals surface area contributed by atoms with Crippen LogP contribution in [0.2, 0.25) is 0 Å². The van der Waals surface area contributed by atoms with E-state index in [1.54, 1.807) is 12.4 Å². The van der Waals surface area contributed by atoms with E-state index in [0.29, 0.717) is 18.0 Å². The highest BCUT2D eigenvalue weighted by Gasteiger charge is 2.26. The van der Waals surface area contributed by atoms with E-state index in [4.69, 9.17) is 17.3 Å². The molecule has 3 heterocycles. The Balaban J connectivity index is 1.33. The number of benzene rings is 2. The van der Waals surface area contributed by atoms with E-state index in [1.807, 2.05) is 65.3 Å². The van der Waals surface area contributed by atoms with E-state index in [1.165, 1.54) is 5.56 Å². The van der Waals surface area contributed by atoms with Crippen LogP contribution in [0, 0.1) is 10.7 Å². The first-order chi connectivity index (χ1) is 16.7. The molecule has 0 saturated carbocycles. The topological polar surface area (TPSA) is 56.0 Å². The van der Waals surface area contributed by atoms with Crippen LogP contribution in [0.4, 0.5) is 0 Å². The molecular formula is C27H27N5OS. The van der Waals surface area contributed by atoms with E-state index < -0.39 is 0 Å². The molecule has 2 aromatic heterocycles. The molecule has 0 atom stereocenters. The summed E-state index contributed by atoms with van der Waals surface area (Å²) in [5.74, 6) is 1.17. The summed E-state index contributed by atoms with van der Waals surface area (Å²) in [6, 6.07) is 23.8. The first-order valence-corrected chi connectivity index (χ1v) is 12.0. The van der Waals surface area contributed by atoms with Crippen molar-refractivity contribution in [1.82, 2.24) is 24.2 Å². The first kappa shape index (κ1) is 22.4. The zero-order chi connectivity index (χ0) is 23.3. The molecule has 34 heavy (non-hydrogen) atoms. The Bertz CT molecular complexity index is 1290. The van der Waals surface area contributed by atoms with Crippen LogP contribution in [0.5, 0.6) is 0 Å². The van der Waals surface area contributed by atoms with Crippen molar-refractivity contribution in [3.8, 4) is 11.4 Å². The molecule has 1 aliphatic rings. The fourth-order valence-corrected chi connectivity index (χ4v) is 4.77. The lowest BCUT2D eigenvalue weighted by Crippen LogP contribution is -2.37. The number of likely N-dealkylation sites (tertiary alicyclic amines) is 1. The normalized spacial score (nSPS) is 14.8. The molecule has 2 aromatic carbocycles. The average molecular weight is 470 g/mol. The number of piperidine rings is 1. The fourth-order valence-electron chi connectivity index (χ4n) is 4.52. The Labute approximate surface area is 204 Å². The van der Waals surface area contributed by atoms with Gasteiger partial charge in [-0.15, -0.1) is 0 Å². The van der Waals surface area contributed by atoms with Gasteiger partial charge in [0.05, 0.1) is 13.2 Å². The summed E-state index contributed by atoms with van der Waals surface area (Å²) in [6.45, 7) is 2.97. The van der Waals surface area contributed by atoms with Crippen molar-refractivity contribution in [2.45, 2.75) is 26.1 Å². The Kier molecular flexibility index (Phi) is 6.74. The Hall–Kier alpha value is -3.42. The third kappa shape index (κ3) is 4.90. The van der Waals surface area contributed by atoms with Gasteiger partial charge >= 0.3 is 0 Å². The summed E-state index contributed by atoms with van der Waals surface area (Å²) in [4.78, 5) is 19.3. The molecule has 0 radical (unpaired) electrons. The molecule has 6 nitrogen and oxygen atoms in total. The van der Waals surface area contributed by atoms with Gasteiger partial charge in [0.15, 0.2) is 16.4 Å². The highest BCUT2D eigenvalue weighted by atomic mass is 32.1. The predicted octanol–water partition coefficient (Wildman–Crippen LogP) is 5.08. The Morgan fingerprint density at radius 3 is 2.24 bits per heavy atom. The van der Waals surface area contributed by atoms with Gasteiger partial charge in [0, 0.05) is 42.5 Å². The van der Waals surface area contributed by atoms with E-state index in [9.17, 15) is 4.79 Å². The number of hydrogen-bond acceptors (Lipinski definition) is 5. The molecule has 4 aromatic rings. The largest absolute Gasteiger partial charge is 0.295 e. The molecule has 5 rings (SSSR count). The maximum absolute atomic E-state index is 12.8. The lowest BCUT2D eigenvalue weighted by Gasteiger charge is -2.30. The van der Waals surface area contributed by atoms with Crippen LogP contribution in [-0.4, -0.2) is 43.1 Å². The molecule has 172 valence electrons. The number of rotatable bonds is 7. The van der Waals surface area contributed by atoms with E-state index in [2.05, 4.69) is 26.6 Å². The van der Waals surface area contributed by atoms with E-state index >= 15 is 0 Å². The van der Waals surface area contributed by atoms with Crippen molar-refractivity contribution >= 4 is 18.0 Å². The standard InChI is InChI=1S/C27H27N5OS/c33-25(22-9-5-2-6-10-22)23-13-17-30(18-14-23)20-32-27(34)31(19-21-7-3-1-4-8-21)26(29-32)24-11-15-28-16-12-24/h1-12,15-16,23H,13-14,17-20H2. The monoisotopic (exact) mass is 469 g/mol. The van der Waals surface area contributed by atoms with Crippen LogP contribution < -0.4 is 0 Å². The second kappa shape index (κ2) is 10.2. The van der Waals surface area contributed by atoms with E-state index in [0.717, 1.165) is 42.9 Å². The number of carbonyl (C=O) groups is 1.